The third kappa shape index (κ3) is 3.44. The molecule has 0 radical (unpaired) electrons. The number of nitrogens with zero attached hydrogens (tertiary/aromatic N) is 2. The number of hydrogen-bond donors (Lipinski definition) is 0. The molecule has 3 rings (SSSR count). The smallest absolute Gasteiger partial charge is 0.255 e. The van der Waals surface area contributed by atoms with Crippen LogP contribution in [0.15, 0.2) is 35.8 Å². The van der Waals surface area contributed by atoms with Gasteiger partial charge in [0.15, 0.2) is 0 Å². The summed E-state index contributed by atoms with van der Waals surface area (Å²) in [6.45, 7) is 1.61. The van der Waals surface area contributed by atoms with E-state index in [2.05, 4.69) is 4.98 Å². The Morgan fingerprint density at radius 1 is 1.43 bits per heavy atom. The predicted molar refractivity (Wildman–Crippen MR) is 85.9 cm³/mol. The molecule has 0 N–H and O–H groups in total. The predicted octanol–water partition coefficient (Wildman–Crippen LogP) is 3.89. The van der Waals surface area contributed by atoms with Crippen LogP contribution in [0.3, 0.4) is 0 Å². The summed E-state index contributed by atoms with van der Waals surface area (Å²) in [6, 6.07) is 7.28. The van der Waals surface area contributed by atoms with Crippen molar-refractivity contribution in [2.45, 2.75) is 19.3 Å². The van der Waals surface area contributed by atoms with Crippen LogP contribution in [0.2, 0.25) is 5.02 Å². The fourth-order valence-corrected chi connectivity index (χ4v) is 3.77. The highest BCUT2D eigenvalue weighted by Gasteiger charge is 2.26. The number of likely N-dealkylation sites (tertiary alicyclic amines) is 1. The lowest BCUT2D eigenvalue weighted by atomic mass is 9.94. The van der Waals surface area contributed by atoms with E-state index in [1.807, 2.05) is 28.6 Å². The quantitative estimate of drug-likeness (QED) is 0.859. The van der Waals surface area contributed by atoms with Gasteiger partial charge in [0.2, 0.25) is 0 Å². The standard InChI is InChI=1S/C16H17ClN2OS/c17-14-6-2-1-5-13(14)16(20)19-8-3-4-12(11-19)10-15-18-7-9-21-15/h1-2,5-7,9,12H,3-4,8,10-11H2. The van der Waals surface area contributed by atoms with Crippen LogP contribution in [0.25, 0.3) is 0 Å². The van der Waals surface area contributed by atoms with E-state index in [0.29, 0.717) is 16.5 Å². The number of hydrogen-bond acceptors (Lipinski definition) is 3. The van der Waals surface area contributed by atoms with Gasteiger partial charge in [0.05, 0.1) is 15.6 Å². The van der Waals surface area contributed by atoms with Crippen molar-refractivity contribution in [3.8, 4) is 0 Å². The zero-order chi connectivity index (χ0) is 14.7. The summed E-state index contributed by atoms with van der Waals surface area (Å²) >= 11 is 7.82. The van der Waals surface area contributed by atoms with Crippen LogP contribution in [-0.2, 0) is 6.42 Å². The maximum atomic E-state index is 12.6. The molecule has 1 aliphatic rings. The van der Waals surface area contributed by atoms with Gasteiger partial charge in [-0.1, -0.05) is 23.7 Å². The number of rotatable bonds is 3. The van der Waals surface area contributed by atoms with Gasteiger partial charge in [0.1, 0.15) is 0 Å². The average molecular weight is 321 g/mol. The first-order valence-electron chi connectivity index (χ1n) is 7.16. The molecule has 0 aliphatic carbocycles. The lowest BCUT2D eigenvalue weighted by Gasteiger charge is -2.32. The Balaban J connectivity index is 1.68. The summed E-state index contributed by atoms with van der Waals surface area (Å²) in [5.74, 6) is 0.542. The lowest BCUT2D eigenvalue weighted by Crippen LogP contribution is -2.40. The molecule has 1 aliphatic heterocycles. The van der Waals surface area contributed by atoms with Crippen molar-refractivity contribution in [1.29, 1.82) is 0 Å². The Kier molecular flexibility index (Phi) is 4.56. The molecule has 110 valence electrons. The van der Waals surface area contributed by atoms with E-state index in [-0.39, 0.29) is 5.91 Å². The van der Waals surface area contributed by atoms with Gasteiger partial charge in [-0.15, -0.1) is 11.3 Å². The Bertz CT molecular complexity index is 614. The third-order valence-electron chi connectivity index (χ3n) is 3.86. The molecule has 0 saturated carbocycles. The Morgan fingerprint density at radius 3 is 3.05 bits per heavy atom. The average Bonchev–Trinajstić information content (AvgIpc) is 3.00. The van der Waals surface area contributed by atoms with E-state index in [1.165, 1.54) is 0 Å². The van der Waals surface area contributed by atoms with Gasteiger partial charge in [-0.25, -0.2) is 4.98 Å². The molecule has 2 heterocycles. The van der Waals surface area contributed by atoms with Gasteiger partial charge in [0.25, 0.3) is 5.91 Å². The largest absolute Gasteiger partial charge is 0.338 e. The van der Waals surface area contributed by atoms with E-state index in [9.17, 15) is 4.79 Å². The first-order chi connectivity index (χ1) is 10.2. The summed E-state index contributed by atoms with van der Waals surface area (Å²) in [4.78, 5) is 18.9. The van der Waals surface area contributed by atoms with Crippen molar-refractivity contribution in [1.82, 2.24) is 9.88 Å². The molecule has 21 heavy (non-hydrogen) atoms. The third-order valence-corrected chi connectivity index (χ3v) is 4.99. The summed E-state index contributed by atoms with van der Waals surface area (Å²) in [5.41, 5.74) is 0.606. The van der Waals surface area contributed by atoms with E-state index in [1.54, 1.807) is 23.5 Å². The van der Waals surface area contributed by atoms with Crippen LogP contribution < -0.4 is 0 Å². The maximum Gasteiger partial charge on any atom is 0.255 e. The number of halogens is 1. The monoisotopic (exact) mass is 320 g/mol. The Labute approximate surface area is 133 Å². The van der Waals surface area contributed by atoms with Crippen molar-refractivity contribution in [3.05, 3.63) is 51.4 Å². The highest BCUT2D eigenvalue weighted by Crippen LogP contribution is 2.24. The molecular formula is C16H17ClN2OS. The zero-order valence-corrected chi connectivity index (χ0v) is 13.2. The number of piperidine rings is 1. The van der Waals surface area contributed by atoms with Gasteiger partial charge in [0, 0.05) is 31.1 Å². The minimum absolute atomic E-state index is 0.0458. The van der Waals surface area contributed by atoms with Crippen molar-refractivity contribution >= 4 is 28.8 Å². The second-order valence-electron chi connectivity index (χ2n) is 5.37. The first-order valence-corrected chi connectivity index (χ1v) is 8.42. The second kappa shape index (κ2) is 6.58. The number of amides is 1. The van der Waals surface area contributed by atoms with Gasteiger partial charge in [-0.05, 0) is 30.9 Å². The molecule has 1 aromatic carbocycles. The molecule has 1 fully saturated rings. The van der Waals surface area contributed by atoms with E-state index < -0.39 is 0 Å². The fraction of sp³-hybridized carbons (Fsp3) is 0.375. The number of carbonyl (C=O) groups excluding carboxylic acids is 1. The highest BCUT2D eigenvalue weighted by molar-refractivity contribution is 7.09. The molecule has 5 heteroatoms. The fourth-order valence-electron chi connectivity index (χ4n) is 2.82. The minimum atomic E-state index is 0.0458. The first kappa shape index (κ1) is 14.5. The van der Waals surface area contributed by atoms with Gasteiger partial charge in [-0.2, -0.15) is 0 Å². The van der Waals surface area contributed by atoms with Gasteiger partial charge in [-0.3, -0.25) is 4.79 Å². The van der Waals surface area contributed by atoms with Crippen LogP contribution in [-0.4, -0.2) is 28.9 Å². The zero-order valence-electron chi connectivity index (χ0n) is 11.7. The summed E-state index contributed by atoms with van der Waals surface area (Å²) < 4.78 is 0. The molecule has 3 nitrogen and oxygen atoms in total. The molecule has 0 spiro atoms. The molecule has 1 unspecified atom stereocenters. The molecule has 1 amide bonds. The normalized spacial score (nSPS) is 18.7. The Morgan fingerprint density at radius 2 is 2.29 bits per heavy atom. The topological polar surface area (TPSA) is 33.2 Å². The van der Waals surface area contributed by atoms with Crippen LogP contribution >= 0.6 is 22.9 Å². The Hall–Kier alpha value is -1.39. The van der Waals surface area contributed by atoms with Crippen molar-refractivity contribution in [2.75, 3.05) is 13.1 Å². The number of thiazole rings is 1. The van der Waals surface area contributed by atoms with Gasteiger partial charge < -0.3 is 4.90 Å². The molecule has 0 bridgehead atoms. The number of carbonyl (C=O) groups is 1. The van der Waals surface area contributed by atoms with Gasteiger partial charge >= 0.3 is 0 Å². The summed E-state index contributed by atoms with van der Waals surface area (Å²) in [5, 5.41) is 3.70. The lowest BCUT2D eigenvalue weighted by molar-refractivity contribution is 0.0673. The molecule has 1 aromatic heterocycles. The minimum Gasteiger partial charge on any atom is -0.338 e. The molecule has 1 saturated heterocycles. The molecule has 2 aromatic rings. The van der Waals surface area contributed by atoms with E-state index in [4.69, 9.17) is 11.6 Å². The number of benzene rings is 1. The van der Waals surface area contributed by atoms with E-state index in [0.717, 1.165) is 37.4 Å². The van der Waals surface area contributed by atoms with Crippen LogP contribution in [0, 0.1) is 5.92 Å². The second-order valence-corrected chi connectivity index (χ2v) is 6.76. The van der Waals surface area contributed by atoms with E-state index >= 15 is 0 Å². The van der Waals surface area contributed by atoms with Crippen molar-refractivity contribution in [2.24, 2.45) is 5.92 Å². The molecule has 1 atom stereocenters. The van der Waals surface area contributed by atoms with Crippen LogP contribution in [0.1, 0.15) is 28.2 Å². The number of aromatic nitrogens is 1. The maximum absolute atomic E-state index is 12.6. The molecular weight excluding hydrogens is 304 g/mol. The van der Waals surface area contributed by atoms with Crippen LogP contribution in [0.5, 0.6) is 0 Å². The highest BCUT2D eigenvalue weighted by atomic mass is 35.5. The SMILES string of the molecule is O=C(c1ccccc1Cl)N1CCCC(Cc2nccs2)C1. The summed E-state index contributed by atoms with van der Waals surface area (Å²) in [7, 11) is 0. The van der Waals surface area contributed by atoms with Crippen LogP contribution in [0.4, 0.5) is 0 Å². The van der Waals surface area contributed by atoms with Crippen molar-refractivity contribution < 1.29 is 4.79 Å². The van der Waals surface area contributed by atoms with Crippen molar-refractivity contribution in [3.63, 3.8) is 0 Å². The summed E-state index contributed by atoms with van der Waals surface area (Å²) in [6.07, 6.45) is 5.01.